The van der Waals surface area contributed by atoms with Gasteiger partial charge in [-0.25, -0.2) is 4.68 Å². The van der Waals surface area contributed by atoms with Gasteiger partial charge in [-0.15, -0.1) is 5.10 Å². The van der Waals surface area contributed by atoms with Gasteiger partial charge in [-0.1, -0.05) is 48.8 Å². The van der Waals surface area contributed by atoms with Gasteiger partial charge < -0.3 is 4.90 Å². The molecule has 1 aliphatic heterocycles. The molecule has 1 aliphatic carbocycles. The number of hydrogen-bond acceptors (Lipinski definition) is 5. The maximum Gasteiger partial charge on any atom is 0.225 e. The summed E-state index contributed by atoms with van der Waals surface area (Å²) in [6.45, 7) is 3.93. The molecule has 1 aromatic carbocycles. The average Bonchev–Trinajstić information content (AvgIpc) is 2.71. The molecule has 6 nitrogen and oxygen atoms in total. The summed E-state index contributed by atoms with van der Waals surface area (Å²) in [4.78, 5) is 17.0. The van der Waals surface area contributed by atoms with Gasteiger partial charge in [-0.2, -0.15) is 0 Å². The number of fused-ring (bicyclic) bond motifs is 1. The van der Waals surface area contributed by atoms with Gasteiger partial charge in [0.05, 0.1) is 12.2 Å². The lowest BCUT2D eigenvalue weighted by molar-refractivity contribution is -0.138. The number of nitrogens with zero attached hydrogens (tertiary/aromatic N) is 5. The van der Waals surface area contributed by atoms with Crippen LogP contribution in [0.1, 0.15) is 32.1 Å². The van der Waals surface area contributed by atoms with Crippen LogP contribution in [0.15, 0.2) is 24.3 Å². The molecule has 0 atom stereocenters. The first-order valence-corrected chi connectivity index (χ1v) is 9.97. The van der Waals surface area contributed by atoms with E-state index in [1.807, 2.05) is 24.3 Å². The summed E-state index contributed by atoms with van der Waals surface area (Å²) in [7, 11) is 0. The van der Waals surface area contributed by atoms with Crippen LogP contribution in [0.4, 0.5) is 0 Å². The van der Waals surface area contributed by atoms with Crippen LogP contribution in [0.3, 0.4) is 0 Å². The summed E-state index contributed by atoms with van der Waals surface area (Å²) >= 11 is 5.58. The second-order valence-corrected chi connectivity index (χ2v) is 7.72. The van der Waals surface area contributed by atoms with Crippen molar-refractivity contribution in [1.82, 2.24) is 24.8 Å². The molecule has 1 saturated heterocycles. The van der Waals surface area contributed by atoms with Gasteiger partial charge >= 0.3 is 0 Å². The van der Waals surface area contributed by atoms with Crippen molar-refractivity contribution in [2.24, 2.45) is 5.92 Å². The highest BCUT2D eigenvalue weighted by molar-refractivity contribution is 7.71. The Hall–Kier alpha value is -1.86. The SMILES string of the molecule is O=C(C1CCCCC1)N1CCN(Cn2nnc3ccccc3c2=S)CC1. The van der Waals surface area contributed by atoms with E-state index in [0.29, 0.717) is 12.6 Å². The molecule has 138 valence electrons. The van der Waals surface area contributed by atoms with Crippen molar-refractivity contribution in [2.75, 3.05) is 26.2 Å². The highest BCUT2D eigenvalue weighted by Gasteiger charge is 2.28. The predicted octanol–water partition coefficient (Wildman–Crippen LogP) is 2.84. The molecule has 1 amide bonds. The first kappa shape index (κ1) is 17.5. The van der Waals surface area contributed by atoms with E-state index in [1.165, 1.54) is 19.3 Å². The Labute approximate surface area is 158 Å². The summed E-state index contributed by atoms with van der Waals surface area (Å²) in [5, 5.41) is 9.50. The second-order valence-electron chi connectivity index (χ2n) is 7.33. The predicted molar refractivity (Wildman–Crippen MR) is 103 cm³/mol. The zero-order valence-electron chi connectivity index (χ0n) is 15.0. The van der Waals surface area contributed by atoms with Crippen molar-refractivity contribution in [2.45, 2.75) is 38.8 Å². The third-order valence-corrected chi connectivity index (χ3v) is 6.03. The molecule has 1 aromatic heterocycles. The lowest BCUT2D eigenvalue weighted by Crippen LogP contribution is -2.50. The smallest absolute Gasteiger partial charge is 0.225 e. The molecule has 2 fully saturated rings. The zero-order valence-corrected chi connectivity index (χ0v) is 15.8. The van der Waals surface area contributed by atoms with Crippen LogP contribution in [0.2, 0.25) is 0 Å². The number of amides is 1. The number of piperazine rings is 1. The monoisotopic (exact) mass is 371 g/mol. The molecular formula is C19H25N5OS. The summed E-state index contributed by atoms with van der Waals surface area (Å²) in [5.74, 6) is 0.627. The minimum Gasteiger partial charge on any atom is -0.340 e. The number of carbonyl (C=O) groups excluding carboxylic acids is 1. The van der Waals surface area contributed by atoms with Crippen LogP contribution < -0.4 is 0 Å². The fourth-order valence-electron chi connectivity index (χ4n) is 4.02. The molecule has 2 heterocycles. The molecular weight excluding hydrogens is 346 g/mol. The highest BCUT2D eigenvalue weighted by Crippen LogP contribution is 2.25. The van der Waals surface area contributed by atoms with Crippen molar-refractivity contribution in [3.05, 3.63) is 28.9 Å². The Balaban J connectivity index is 1.37. The number of aromatic nitrogens is 3. The van der Waals surface area contributed by atoms with Crippen molar-refractivity contribution >= 4 is 29.0 Å². The summed E-state index contributed by atoms with van der Waals surface area (Å²) in [6, 6.07) is 7.83. The molecule has 0 N–H and O–H groups in total. The normalized spacial score (nSPS) is 19.8. The lowest BCUT2D eigenvalue weighted by Gasteiger charge is -2.37. The van der Waals surface area contributed by atoms with Crippen LogP contribution in [0.25, 0.3) is 10.9 Å². The first-order valence-electron chi connectivity index (χ1n) is 9.56. The number of benzene rings is 1. The highest BCUT2D eigenvalue weighted by atomic mass is 32.1. The minimum atomic E-state index is 0.260. The molecule has 2 aromatic rings. The summed E-state index contributed by atoms with van der Waals surface area (Å²) in [6.07, 6.45) is 5.83. The van der Waals surface area contributed by atoms with Crippen LogP contribution in [-0.2, 0) is 11.5 Å². The first-order chi connectivity index (χ1) is 12.7. The van der Waals surface area contributed by atoms with Gasteiger partial charge in [0.25, 0.3) is 0 Å². The van der Waals surface area contributed by atoms with E-state index in [4.69, 9.17) is 12.2 Å². The Morgan fingerprint density at radius 1 is 1.08 bits per heavy atom. The van der Waals surface area contributed by atoms with E-state index in [-0.39, 0.29) is 5.92 Å². The Bertz CT molecular complexity index is 837. The van der Waals surface area contributed by atoms with Crippen LogP contribution >= 0.6 is 12.2 Å². The van der Waals surface area contributed by atoms with Crippen molar-refractivity contribution in [3.63, 3.8) is 0 Å². The van der Waals surface area contributed by atoms with Gasteiger partial charge in [0.15, 0.2) is 0 Å². The maximum atomic E-state index is 12.7. The summed E-state index contributed by atoms with van der Waals surface area (Å²) < 4.78 is 2.51. The molecule has 1 saturated carbocycles. The van der Waals surface area contributed by atoms with E-state index >= 15 is 0 Å². The molecule has 0 bridgehead atoms. The van der Waals surface area contributed by atoms with Gasteiger partial charge in [-0.05, 0) is 25.0 Å². The maximum absolute atomic E-state index is 12.7. The van der Waals surface area contributed by atoms with Crippen molar-refractivity contribution in [3.8, 4) is 0 Å². The molecule has 0 radical (unpaired) electrons. The van der Waals surface area contributed by atoms with Gasteiger partial charge in [-0.3, -0.25) is 9.69 Å². The van der Waals surface area contributed by atoms with Crippen molar-refractivity contribution in [1.29, 1.82) is 0 Å². The Morgan fingerprint density at radius 2 is 1.81 bits per heavy atom. The van der Waals surface area contributed by atoms with E-state index < -0.39 is 0 Å². The molecule has 0 spiro atoms. The molecule has 0 unspecified atom stereocenters. The molecule has 2 aliphatic rings. The second kappa shape index (κ2) is 7.80. The van der Waals surface area contributed by atoms with Crippen LogP contribution in [-0.4, -0.2) is 56.9 Å². The average molecular weight is 372 g/mol. The zero-order chi connectivity index (χ0) is 17.9. The standard InChI is InChI=1S/C19H25N5OS/c25-18(15-6-2-1-3-7-15)23-12-10-22(11-13-23)14-24-19(26)16-8-4-5-9-17(16)20-21-24/h4-5,8-9,15H,1-3,6-7,10-14H2. The Kier molecular flexibility index (Phi) is 5.26. The van der Waals surface area contributed by atoms with Crippen molar-refractivity contribution < 1.29 is 4.79 Å². The van der Waals surface area contributed by atoms with E-state index in [0.717, 1.165) is 54.6 Å². The lowest BCUT2D eigenvalue weighted by atomic mass is 9.88. The third kappa shape index (κ3) is 3.64. The fraction of sp³-hybridized carbons (Fsp3) is 0.579. The number of carbonyl (C=O) groups is 1. The quantitative estimate of drug-likeness (QED) is 0.777. The molecule has 4 rings (SSSR count). The van der Waals surface area contributed by atoms with Crippen LogP contribution in [0.5, 0.6) is 0 Å². The fourth-order valence-corrected chi connectivity index (χ4v) is 4.29. The number of rotatable bonds is 3. The minimum absolute atomic E-state index is 0.260. The summed E-state index contributed by atoms with van der Waals surface area (Å²) in [5.41, 5.74) is 0.830. The topological polar surface area (TPSA) is 54.3 Å². The van der Waals surface area contributed by atoms with E-state index in [9.17, 15) is 4.79 Å². The molecule has 26 heavy (non-hydrogen) atoms. The number of hydrogen-bond donors (Lipinski definition) is 0. The van der Waals surface area contributed by atoms with Gasteiger partial charge in [0.1, 0.15) is 4.64 Å². The van der Waals surface area contributed by atoms with Gasteiger partial charge in [0.2, 0.25) is 5.91 Å². The third-order valence-electron chi connectivity index (χ3n) is 5.60. The Morgan fingerprint density at radius 3 is 2.58 bits per heavy atom. The van der Waals surface area contributed by atoms with Gasteiger partial charge in [0, 0.05) is 37.5 Å². The van der Waals surface area contributed by atoms with E-state index in [1.54, 1.807) is 4.68 Å². The largest absolute Gasteiger partial charge is 0.340 e. The van der Waals surface area contributed by atoms with Crippen LogP contribution in [0, 0.1) is 10.6 Å². The van der Waals surface area contributed by atoms with E-state index in [2.05, 4.69) is 20.1 Å². The molecule has 7 heteroatoms.